The molecular formula is C20H38IN5O3. The number of nitrogens with one attached hydrogen (secondary N) is 1. The number of hydrogen-bond donors (Lipinski definition) is 1. The third-order valence-electron chi connectivity index (χ3n) is 5.83. The van der Waals surface area contributed by atoms with E-state index in [0.29, 0.717) is 12.6 Å². The molecule has 3 aliphatic heterocycles. The Morgan fingerprint density at radius 1 is 1.07 bits per heavy atom. The number of likely N-dealkylation sites (tertiary alicyclic amines) is 1. The molecule has 1 N–H and O–H groups in total. The van der Waals surface area contributed by atoms with Crippen molar-refractivity contribution in [3.63, 3.8) is 0 Å². The van der Waals surface area contributed by atoms with E-state index >= 15 is 0 Å². The van der Waals surface area contributed by atoms with Crippen LogP contribution in [0.2, 0.25) is 0 Å². The summed E-state index contributed by atoms with van der Waals surface area (Å²) < 4.78 is 11.3. The third kappa shape index (κ3) is 8.18. The first kappa shape index (κ1) is 24.6. The lowest BCUT2D eigenvalue weighted by molar-refractivity contribution is -0.131. The molecule has 3 saturated heterocycles. The molecule has 0 radical (unpaired) electrons. The van der Waals surface area contributed by atoms with Crippen LogP contribution in [0.5, 0.6) is 0 Å². The largest absolute Gasteiger partial charge is 0.381 e. The first-order valence-electron chi connectivity index (χ1n) is 10.9. The SMILES string of the molecule is CN=C(NCCCOC1CCOCC1)N1CCN(CC(=O)N2CCCC2)CC1.I. The van der Waals surface area contributed by atoms with Crippen molar-refractivity contribution in [3.8, 4) is 0 Å². The lowest BCUT2D eigenvalue weighted by Crippen LogP contribution is -2.54. The molecule has 29 heavy (non-hydrogen) atoms. The van der Waals surface area contributed by atoms with Crippen LogP contribution in [0.3, 0.4) is 0 Å². The Morgan fingerprint density at radius 3 is 2.41 bits per heavy atom. The maximum absolute atomic E-state index is 12.3. The molecule has 3 fully saturated rings. The lowest BCUT2D eigenvalue weighted by Gasteiger charge is -2.36. The minimum atomic E-state index is 0. The Morgan fingerprint density at radius 2 is 1.76 bits per heavy atom. The number of nitrogens with zero attached hydrogens (tertiary/aromatic N) is 4. The highest BCUT2D eigenvalue weighted by Gasteiger charge is 2.24. The van der Waals surface area contributed by atoms with E-state index in [2.05, 4.69) is 20.1 Å². The minimum absolute atomic E-state index is 0. The molecule has 0 spiro atoms. The summed E-state index contributed by atoms with van der Waals surface area (Å²) in [5.74, 6) is 1.24. The summed E-state index contributed by atoms with van der Waals surface area (Å²) in [4.78, 5) is 23.3. The quantitative estimate of drug-likeness (QED) is 0.233. The molecule has 8 nitrogen and oxygen atoms in total. The summed E-state index contributed by atoms with van der Waals surface area (Å²) in [6.07, 6.45) is 5.67. The van der Waals surface area contributed by atoms with E-state index in [1.165, 1.54) is 0 Å². The van der Waals surface area contributed by atoms with Crippen molar-refractivity contribution in [3.05, 3.63) is 0 Å². The number of aliphatic imine (C=N–C) groups is 1. The molecule has 3 aliphatic rings. The summed E-state index contributed by atoms with van der Waals surface area (Å²) >= 11 is 0. The van der Waals surface area contributed by atoms with E-state index in [4.69, 9.17) is 9.47 Å². The Bertz CT molecular complexity index is 502. The van der Waals surface area contributed by atoms with Crippen molar-refractivity contribution < 1.29 is 14.3 Å². The standard InChI is InChI=1S/C20H37N5O3.HI/c1-21-20(22-7-4-14-28-18-5-15-27-16-6-18)25-12-10-23(11-13-25)17-19(26)24-8-2-3-9-24;/h18H,2-17H2,1H3,(H,21,22);1H. The maximum Gasteiger partial charge on any atom is 0.236 e. The number of hydrogen-bond acceptors (Lipinski definition) is 5. The highest BCUT2D eigenvalue weighted by molar-refractivity contribution is 14.0. The second kappa shape index (κ2) is 13.6. The molecule has 0 aromatic heterocycles. The third-order valence-corrected chi connectivity index (χ3v) is 5.83. The van der Waals surface area contributed by atoms with Gasteiger partial charge in [0.1, 0.15) is 0 Å². The van der Waals surface area contributed by atoms with Gasteiger partial charge in [-0.2, -0.15) is 0 Å². The monoisotopic (exact) mass is 523 g/mol. The van der Waals surface area contributed by atoms with E-state index in [1.54, 1.807) is 0 Å². The summed E-state index contributed by atoms with van der Waals surface area (Å²) in [7, 11) is 1.84. The van der Waals surface area contributed by atoms with Gasteiger partial charge in [-0.3, -0.25) is 14.7 Å². The number of amides is 1. The van der Waals surface area contributed by atoms with Crippen molar-refractivity contribution in [2.75, 3.05) is 79.2 Å². The summed E-state index contributed by atoms with van der Waals surface area (Å²) in [5.41, 5.74) is 0. The number of rotatable bonds is 7. The molecule has 168 valence electrons. The van der Waals surface area contributed by atoms with Crippen molar-refractivity contribution >= 4 is 35.8 Å². The van der Waals surface area contributed by atoms with E-state index in [-0.39, 0.29) is 29.9 Å². The van der Waals surface area contributed by atoms with Crippen LogP contribution in [0.4, 0.5) is 0 Å². The molecule has 0 unspecified atom stereocenters. The number of carbonyl (C=O) groups is 1. The van der Waals surface area contributed by atoms with Crippen LogP contribution >= 0.6 is 24.0 Å². The van der Waals surface area contributed by atoms with Crippen LogP contribution in [0.1, 0.15) is 32.1 Å². The Kier molecular flexibility index (Phi) is 11.6. The van der Waals surface area contributed by atoms with Gasteiger partial charge >= 0.3 is 0 Å². The number of halogens is 1. The van der Waals surface area contributed by atoms with E-state index in [1.807, 2.05) is 11.9 Å². The molecule has 0 saturated carbocycles. The van der Waals surface area contributed by atoms with E-state index in [9.17, 15) is 4.79 Å². The number of guanidine groups is 1. The van der Waals surface area contributed by atoms with Crippen LogP contribution in [0, 0.1) is 0 Å². The van der Waals surface area contributed by atoms with E-state index in [0.717, 1.165) is 104 Å². The molecule has 3 heterocycles. The zero-order valence-corrected chi connectivity index (χ0v) is 20.1. The molecule has 0 atom stereocenters. The second-order valence-electron chi connectivity index (χ2n) is 7.86. The van der Waals surface area contributed by atoms with Gasteiger partial charge < -0.3 is 24.6 Å². The highest BCUT2D eigenvalue weighted by atomic mass is 127. The normalized spacial score (nSPS) is 21.9. The van der Waals surface area contributed by atoms with Gasteiger partial charge in [0.05, 0.1) is 12.6 Å². The molecule has 0 bridgehead atoms. The van der Waals surface area contributed by atoms with Crippen LogP contribution < -0.4 is 5.32 Å². The Hall–Kier alpha value is -0.650. The summed E-state index contributed by atoms with van der Waals surface area (Å²) in [6.45, 7) is 9.36. The number of ether oxygens (including phenoxy) is 2. The Labute approximate surface area is 192 Å². The molecular weight excluding hydrogens is 485 g/mol. The summed E-state index contributed by atoms with van der Waals surface area (Å²) in [5, 5.41) is 3.45. The van der Waals surface area contributed by atoms with Gasteiger partial charge in [-0.25, -0.2) is 0 Å². The summed E-state index contributed by atoms with van der Waals surface area (Å²) in [6, 6.07) is 0. The van der Waals surface area contributed by atoms with Crippen molar-refractivity contribution in [1.82, 2.24) is 20.0 Å². The molecule has 0 aromatic carbocycles. The first-order chi connectivity index (χ1) is 13.8. The Balaban J connectivity index is 0.00000300. The fourth-order valence-corrected chi connectivity index (χ4v) is 4.07. The van der Waals surface area contributed by atoms with Gasteiger partial charge in [-0.1, -0.05) is 0 Å². The van der Waals surface area contributed by atoms with Gasteiger partial charge in [0.2, 0.25) is 5.91 Å². The van der Waals surface area contributed by atoms with Crippen LogP contribution in [0.25, 0.3) is 0 Å². The highest BCUT2D eigenvalue weighted by Crippen LogP contribution is 2.11. The van der Waals surface area contributed by atoms with Crippen molar-refractivity contribution in [2.45, 2.75) is 38.2 Å². The van der Waals surface area contributed by atoms with Gasteiger partial charge in [-0.15, -0.1) is 24.0 Å². The molecule has 3 rings (SSSR count). The number of carbonyl (C=O) groups excluding carboxylic acids is 1. The first-order valence-corrected chi connectivity index (χ1v) is 10.9. The molecule has 0 aliphatic carbocycles. The topological polar surface area (TPSA) is 69.6 Å². The average Bonchev–Trinajstić information content (AvgIpc) is 3.27. The van der Waals surface area contributed by atoms with E-state index < -0.39 is 0 Å². The fourth-order valence-electron chi connectivity index (χ4n) is 4.07. The predicted molar refractivity (Wildman–Crippen MR) is 125 cm³/mol. The second-order valence-corrected chi connectivity index (χ2v) is 7.86. The average molecular weight is 523 g/mol. The predicted octanol–water partition coefficient (Wildman–Crippen LogP) is 1.01. The molecule has 0 aromatic rings. The smallest absolute Gasteiger partial charge is 0.236 e. The lowest BCUT2D eigenvalue weighted by atomic mass is 10.1. The van der Waals surface area contributed by atoms with Crippen LogP contribution in [0.15, 0.2) is 4.99 Å². The zero-order chi connectivity index (χ0) is 19.6. The zero-order valence-electron chi connectivity index (χ0n) is 17.8. The van der Waals surface area contributed by atoms with Gasteiger partial charge in [0, 0.05) is 72.7 Å². The minimum Gasteiger partial charge on any atom is -0.381 e. The van der Waals surface area contributed by atoms with Crippen LogP contribution in [-0.2, 0) is 14.3 Å². The number of piperazine rings is 1. The van der Waals surface area contributed by atoms with Gasteiger partial charge in [0.15, 0.2) is 5.96 Å². The van der Waals surface area contributed by atoms with Crippen LogP contribution in [-0.4, -0.2) is 112 Å². The van der Waals surface area contributed by atoms with Crippen molar-refractivity contribution in [2.24, 2.45) is 4.99 Å². The van der Waals surface area contributed by atoms with Crippen molar-refractivity contribution in [1.29, 1.82) is 0 Å². The van der Waals surface area contributed by atoms with Gasteiger partial charge in [-0.05, 0) is 32.1 Å². The molecule has 9 heteroatoms. The van der Waals surface area contributed by atoms with Gasteiger partial charge in [0.25, 0.3) is 0 Å². The molecule has 1 amide bonds. The fraction of sp³-hybridized carbons (Fsp3) is 0.900. The maximum atomic E-state index is 12.3.